The molecule has 0 atom stereocenters. The third-order valence-corrected chi connectivity index (χ3v) is 5.14. The molecule has 0 radical (unpaired) electrons. The number of hydrogen-bond donors (Lipinski definition) is 0. The molecular weight excluding hydrogens is 266 g/mol. The maximum Gasteiger partial charge on any atom is 0.220 e. The molecule has 1 nitrogen and oxygen atoms in total. The molecule has 0 spiro atoms. The van der Waals surface area contributed by atoms with E-state index < -0.39 is 0 Å². The van der Waals surface area contributed by atoms with Crippen molar-refractivity contribution in [1.82, 2.24) is 0 Å². The Morgan fingerprint density at radius 2 is 1.64 bits per heavy atom. The standard InChI is InChI=1S/C21H22N/c1-14-11-16-8-6-9-17(16)13-20(14)21-19-10-5-4-7-18(19)12-15(2)22(21)3/h4-5,7,10-13H,6,8-9H2,1-3H3/q+1. The van der Waals surface area contributed by atoms with E-state index in [1.807, 2.05) is 0 Å². The summed E-state index contributed by atoms with van der Waals surface area (Å²) in [7, 11) is 2.18. The Labute approximate surface area is 132 Å². The lowest BCUT2D eigenvalue weighted by atomic mass is 9.95. The maximum atomic E-state index is 2.44. The van der Waals surface area contributed by atoms with Crippen LogP contribution in [0.5, 0.6) is 0 Å². The molecule has 1 aliphatic rings. The molecule has 0 fully saturated rings. The van der Waals surface area contributed by atoms with Gasteiger partial charge in [0.15, 0.2) is 5.69 Å². The van der Waals surface area contributed by atoms with Crippen LogP contribution in [0.15, 0.2) is 42.5 Å². The van der Waals surface area contributed by atoms with Gasteiger partial charge in [-0.2, -0.15) is 4.57 Å². The van der Waals surface area contributed by atoms with E-state index in [9.17, 15) is 0 Å². The van der Waals surface area contributed by atoms with E-state index in [-0.39, 0.29) is 0 Å². The second-order valence-corrected chi connectivity index (χ2v) is 6.57. The van der Waals surface area contributed by atoms with Crippen molar-refractivity contribution >= 4 is 10.8 Å². The van der Waals surface area contributed by atoms with Crippen LogP contribution in [0.4, 0.5) is 0 Å². The van der Waals surface area contributed by atoms with Crippen molar-refractivity contribution in [2.45, 2.75) is 33.1 Å². The van der Waals surface area contributed by atoms with E-state index in [1.165, 1.54) is 52.5 Å². The van der Waals surface area contributed by atoms with E-state index in [2.05, 4.69) is 67.9 Å². The van der Waals surface area contributed by atoms with E-state index in [0.29, 0.717) is 0 Å². The molecule has 1 aliphatic carbocycles. The van der Waals surface area contributed by atoms with Crippen LogP contribution in [-0.2, 0) is 19.9 Å². The highest BCUT2D eigenvalue weighted by Gasteiger charge is 2.22. The highest BCUT2D eigenvalue weighted by atomic mass is 14.9. The minimum absolute atomic E-state index is 1.23. The first-order chi connectivity index (χ1) is 10.6. The minimum atomic E-state index is 1.23. The summed E-state index contributed by atoms with van der Waals surface area (Å²) in [4.78, 5) is 0. The number of fused-ring (bicyclic) bond motifs is 2. The summed E-state index contributed by atoms with van der Waals surface area (Å²) in [6.45, 7) is 4.45. The number of aromatic nitrogens is 1. The zero-order valence-corrected chi connectivity index (χ0v) is 13.6. The van der Waals surface area contributed by atoms with Gasteiger partial charge < -0.3 is 0 Å². The van der Waals surface area contributed by atoms with Crippen molar-refractivity contribution in [3.05, 3.63) is 64.8 Å². The van der Waals surface area contributed by atoms with E-state index in [4.69, 9.17) is 0 Å². The Hall–Kier alpha value is -2.15. The molecule has 0 saturated carbocycles. The van der Waals surface area contributed by atoms with Crippen LogP contribution in [0.2, 0.25) is 0 Å². The van der Waals surface area contributed by atoms with Crippen LogP contribution in [0.1, 0.15) is 28.8 Å². The minimum Gasteiger partial charge on any atom is -0.198 e. The molecule has 4 rings (SSSR count). The Kier molecular flexibility index (Phi) is 3.04. The second kappa shape index (κ2) is 4.95. The topological polar surface area (TPSA) is 3.88 Å². The molecule has 0 saturated heterocycles. The van der Waals surface area contributed by atoms with Crippen molar-refractivity contribution < 1.29 is 4.57 Å². The first kappa shape index (κ1) is 13.5. The average molecular weight is 288 g/mol. The second-order valence-electron chi connectivity index (χ2n) is 6.57. The molecule has 0 amide bonds. The summed E-state index contributed by atoms with van der Waals surface area (Å²) in [6.07, 6.45) is 3.78. The zero-order valence-electron chi connectivity index (χ0n) is 13.6. The van der Waals surface area contributed by atoms with Gasteiger partial charge in [0, 0.05) is 13.0 Å². The number of hydrogen-bond acceptors (Lipinski definition) is 0. The predicted molar refractivity (Wildman–Crippen MR) is 92.1 cm³/mol. The van der Waals surface area contributed by atoms with Crippen molar-refractivity contribution in [2.75, 3.05) is 0 Å². The van der Waals surface area contributed by atoms with E-state index in [0.717, 1.165) is 0 Å². The van der Waals surface area contributed by atoms with Gasteiger partial charge in [0.05, 0.1) is 10.9 Å². The molecule has 22 heavy (non-hydrogen) atoms. The molecular formula is C21H22N+. The molecule has 0 bridgehead atoms. The molecule has 0 N–H and O–H groups in total. The number of nitrogens with zero attached hydrogens (tertiary/aromatic N) is 1. The van der Waals surface area contributed by atoms with E-state index >= 15 is 0 Å². The highest BCUT2D eigenvalue weighted by Crippen LogP contribution is 2.33. The van der Waals surface area contributed by atoms with Crippen LogP contribution in [-0.4, -0.2) is 0 Å². The lowest BCUT2D eigenvalue weighted by Gasteiger charge is -2.12. The van der Waals surface area contributed by atoms with Crippen LogP contribution < -0.4 is 4.57 Å². The van der Waals surface area contributed by atoms with Crippen molar-refractivity contribution in [2.24, 2.45) is 7.05 Å². The van der Waals surface area contributed by atoms with Crippen LogP contribution in [0, 0.1) is 13.8 Å². The largest absolute Gasteiger partial charge is 0.220 e. The van der Waals surface area contributed by atoms with Gasteiger partial charge in [-0.1, -0.05) is 24.3 Å². The molecule has 0 aliphatic heterocycles. The molecule has 1 heterocycles. The summed E-state index contributed by atoms with van der Waals surface area (Å²) in [5.41, 5.74) is 8.54. The average Bonchev–Trinajstić information content (AvgIpc) is 2.95. The van der Waals surface area contributed by atoms with Gasteiger partial charge in [-0.25, -0.2) is 0 Å². The number of rotatable bonds is 1. The van der Waals surface area contributed by atoms with Crippen LogP contribution in [0.25, 0.3) is 22.0 Å². The SMILES string of the molecule is Cc1cc2c(cc1-c1c3ccccc3cc(C)[n+]1C)CCC2. The fourth-order valence-corrected chi connectivity index (χ4v) is 3.85. The van der Waals surface area contributed by atoms with Crippen LogP contribution in [0.3, 0.4) is 0 Å². The first-order valence-corrected chi connectivity index (χ1v) is 8.16. The number of pyridine rings is 1. The fourth-order valence-electron chi connectivity index (χ4n) is 3.85. The summed E-state index contributed by atoms with van der Waals surface area (Å²) < 4.78 is 2.34. The van der Waals surface area contributed by atoms with Gasteiger partial charge in [0.2, 0.25) is 5.69 Å². The first-order valence-electron chi connectivity index (χ1n) is 8.16. The number of benzene rings is 2. The third-order valence-electron chi connectivity index (χ3n) is 5.14. The Balaban J connectivity index is 2.08. The van der Waals surface area contributed by atoms with Gasteiger partial charge in [-0.3, -0.25) is 0 Å². The van der Waals surface area contributed by atoms with Gasteiger partial charge >= 0.3 is 0 Å². The molecule has 2 aromatic carbocycles. The normalized spacial score (nSPS) is 13.6. The van der Waals surface area contributed by atoms with Gasteiger partial charge in [-0.05, 0) is 60.4 Å². The Morgan fingerprint density at radius 3 is 2.45 bits per heavy atom. The highest BCUT2D eigenvalue weighted by molar-refractivity contribution is 5.94. The molecule has 1 aromatic heterocycles. The lowest BCUT2D eigenvalue weighted by molar-refractivity contribution is -0.665. The summed E-state index contributed by atoms with van der Waals surface area (Å²) in [6, 6.07) is 15.9. The monoisotopic (exact) mass is 288 g/mol. The van der Waals surface area contributed by atoms with Crippen molar-refractivity contribution in [3.8, 4) is 11.3 Å². The molecule has 1 heteroatoms. The molecule has 3 aromatic rings. The smallest absolute Gasteiger partial charge is 0.198 e. The van der Waals surface area contributed by atoms with Gasteiger partial charge in [0.1, 0.15) is 7.05 Å². The molecule has 110 valence electrons. The molecule has 0 unspecified atom stereocenters. The third kappa shape index (κ3) is 1.96. The van der Waals surface area contributed by atoms with Crippen molar-refractivity contribution in [1.29, 1.82) is 0 Å². The summed E-state index contributed by atoms with van der Waals surface area (Å²) in [5, 5.41) is 2.67. The van der Waals surface area contributed by atoms with Gasteiger partial charge in [0.25, 0.3) is 0 Å². The summed E-state index contributed by atoms with van der Waals surface area (Å²) >= 11 is 0. The van der Waals surface area contributed by atoms with Gasteiger partial charge in [-0.15, -0.1) is 0 Å². The number of aryl methyl sites for hydroxylation is 4. The Morgan fingerprint density at radius 1 is 0.909 bits per heavy atom. The fraction of sp³-hybridized carbons (Fsp3) is 0.286. The zero-order chi connectivity index (χ0) is 15.3. The maximum absolute atomic E-state index is 2.44. The quantitative estimate of drug-likeness (QED) is 0.583. The van der Waals surface area contributed by atoms with Crippen LogP contribution >= 0.6 is 0 Å². The summed E-state index contributed by atoms with van der Waals surface area (Å²) in [5.74, 6) is 0. The Bertz CT molecular complexity index is 890. The van der Waals surface area contributed by atoms with Crippen molar-refractivity contribution in [3.63, 3.8) is 0 Å². The van der Waals surface area contributed by atoms with E-state index in [1.54, 1.807) is 11.1 Å². The predicted octanol–water partition coefficient (Wildman–Crippen LogP) is 4.44. The lowest BCUT2D eigenvalue weighted by Crippen LogP contribution is -2.35.